The first-order valence-corrected chi connectivity index (χ1v) is 9.51. The number of hydrogen-bond donors (Lipinski definition) is 1. The minimum Gasteiger partial charge on any atom is -0.348 e. The minimum absolute atomic E-state index is 0.187. The molecule has 134 valence electrons. The molecule has 2 aromatic heterocycles. The zero-order chi connectivity index (χ0) is 17.6. The number of hydrogen-bond acceptors (Lipinski definition) is 2. The van der Waals surface area contributed by atoms with Crippen molar-refractivity contribution in [3.63, 3.8) is 0 Å². The summed E-state index contributed by atoms with van der Waals surface area (Å²) in [6, 6.07) is 4.20. The molecule has 0 aromatic carbocycles. The van der Waals surface area contributed by atoms with Gasteiger partial charge in [-0.2, -0.15) is 5.10 Å². The fourth-order valence-corrected chi connectivity index (χ4v) is 4.08. The molecule has 1 aliphatic heterocycles. The smallest absolute Gasteiger partial charge is 0.255 e. The number of piperidine rings is 1. The number of aromatic amines is 1. The topological polar surface area (TPSA) is 53.9 Å². The first-order chi connectivity index (χ1) is 12.0. The molecule has 0 radical (unpaired) electrons. The molecule has 1 atom stereocenters. The van der Waals surface area contributed by atoms with Gasteiger partial charge >= 0.3 is 0 Å². The molecule has 0 unspecified atom stereocenters. The molecule has 5 nitrogen and oxygen atoms in total. The molecule has 2 aromatic rings. The first kappa shape index (κ1) is 16.4. The molecule has 0 spiro atoms. The lowest BCUT2D eigenvalue weighted by molar-refractivity contribution is 0.0705. The van der Waals surface area contributed by atoms with E-state index in [1.165, 1.54) is 18.5 Å². The Hall–Kier alpha value is -2.04. The highest BCUT2D eigenvalue weighted by atomic mass is 16.2. The van der Waals surface area contributed by atoms with Gasteiger partial charge in [0.2, 0.25) is 0 Å². The highest BCUT2D eigenvalue weighted by Crippen LogP contribution is 2.33. The van der Waals surface area contributed by atoms with Gasteiger partial charge in [-0.1, -0.05) is 0 Å². The predicted molar refractivity (Wildman–Crippen MR) is 97.8 cm³/mol. The Morgan fingerprint density at radius 1 is 1.24 bits per heavy atom. The Morgan fingerprint density at radius 3 is 2.72 bits per heavy atom. The van der Waals surface area contributed by atoms with Gasteiger partial charge in [0.1, 0.15) is 0 Å². The van der Waals surface area contributed by atoms with Gasteiger partial charge in [-0.25, -0.2) is 0 Å². The van der Waals surface area contributed by atoms with Crippen molar-refractivity contribution in [1.29, 1.82) is 0 Å². The van der Waals surface area contributed by atoms with E-state index in [0.717, 1.165) is 61.0 Å². The number of likely N-dealkylation sites (tertiary alicyclic amines) is 1. The maximum absolute atomic E-state index is 13.2. The van der Waals surface area contributed by atoms with Crippen LogP contribution in [0.4, 0.5) is 0 Å². The molecular formula is C20H28N4O. The van der Waals surface area contributed by atoms with Crippen molar-refractivity contribution in [2.45, 2.75) is 58.9 Å². The normalized spacial score (nSPS) is 20.9. The Bertz CT molecular complexity index is 784. The number of nitrogens with zero attached hydrogens (tertiary/aromatic N) is 3. The van der Waals surface area contributed by atoms with E-state index in [9.17, 15) is 4.79 Å². The number of rotatable bonds is 4. The van der Waals surface area contributed by atoms with E-state index >= 15 is 0 Å². The quantitative estimate of drug-likeness (QED) is 0.925. The van der Waals surface area contributed by atoms with Crippen LogP contribution in [0.2, 0.25) is 0 Å². The molecule has 1 saturated carbocycles. The Morgan fingerprint density at radius 2 is 2.04 bits per heavy atom. The number of nitrogens with one attached hydrogen (secondary N) is 1. The maximum Gasteiger partial charge on any atom is 0.255 e. The average Bonchev–Trinajstić information content (AvgIpc) is 3.27. The van der Waals surface area contributed by atoms with Crippen molar-refractivity contribution in [2.75, 3.05) is 13.1 Å². The van der Waals surface area contributed by atoms with Crippen LogP contribution >= 0.6 is 0 Å². The summed E-state index contributed by atoms with van der Waals surface area (Å²) in [6.07, 6.45) is 4.81. The third-order valence-corrected chi connectivity index (χ3v) is 5.79. The highest BCUT2D eigenvalue weighted by molar-refractivity contribution is 5.95. The second kappa shape index (κ2) is 6.36. The second-order valence-corrected chi connectivity index (χ2v) is 7.90. The van der Waals surface area contributed by atoms with E-state index in [-0.39, 0.29) is 5.91 Å². The molecule has 1 amide bonds. The van der Waals surface area contributed by atoms with Gasteiger partial charge < -0.3 is 9.47 Å². The molecule has 3 heterocycles. The lowest BCUT2D eigenvalue weighted by Gasteiger charge is -2.32. The van der Waals surface area contributed by atoms with Gasteiger partial charge in [0.25, 0.3) is 5.91 Å². The molecule has 1 N–H and O–H groups in total. The second-order valence-electron chi connectivity index (χ2n) is 7.90. The Labute approximate surface area is 149 Å². The van der Waals surface area contributed by atoms with Crippen molar-refractivity contribution in [1.82, 2.24) is 19.7 Å². The Kier molecular flexibility index (Phi) is 4.18. The summed E-state index contributed by atoms with van der Waals surface area (Å²) in [5.74, 6) is 1.35. The number of amides is 1. The molecule has 2 fully saturated rings. The summed E-state index contributed by atoms with van der Waals surface area (Å²) in [5.41, 5.74) is 5.41. The van der Waals surface area contributed by atoms with Gasteiger partial charge in [0, 0.05) is 42.6 Å². The molecule has 2 aliphatic rings. The van der Waals surface area contributed by atoms with Gasteiger partial charge in [0.15, 0.2) is 0 Å². The van der Waals surface area contributed by atoms with Crippen LogP contribution in [0, 0.1) is 26.7 Å². The predicted octanol–water partition coefficient (Wildman–Crippen LogP) is 3.57. The molecule has 5 heteroatoms. The summed E-state index contributed by atoms with van der Waals surface area (Å²) in [7, 11) is 0. The fraction of sp³-hybridized carbons (Fsp3) is 0.600. The van der Waals surface area contributed by atoms with E-state index in [0.29, 0.717) is 5.92 Å². The monoisotopic (exact) mass is 340 g/mol. The molecule has 1 aliphatic carbocycles. The third kappa shape index (κ3) is 3.24. The van der Waals surface area contributed by atoms with Crippen LogP contribution in [0.5, 0.6) is 0 Å². The minimum atomic E-state index is 0.187. The first-order valence-electron chi connectivity index (χ1n) is 9.51. The van der Waals surface area contributed by atoms with Crippen molar-refractivity contribution >= 4 is 5.91 Å². The number of aromatic nitrogens is 3. The van der Waals surface area contributed by atoms with Crippen LogP contribution in [0.3, 0.4) is 0 Å². The maximum atomic E-state index is 13.2. The van der Waals surface area contributed by atoms with Gasteiger partial charge in [0.05, 0.1) is 11.3 Å². The van der Waals surface area contributed by atoms with Crippen LogP contribution in [-0.2, 0) is 6.54 Å². The van der Waals surface area contributed by atoms with Crippen molar-refractivity contribution < 1.29 is 4.79 Å². The van der Waals surface area contributed by atoms with Crippen LogP contribution in [0.15, 0.2) is 12.1 Å². The zero-order valence-corrected chi connectivity index (χ0v) is 15.5. The van der Waals surface area contributed by atoms with Crippen molar-refractivity contribution in [3.05, 3.63) is 40.5 Å². The van der Waals surface area contributed by atoms with E-state index < -0.39 is 0 Å². The summed E-state index contributed by atoms with van der Waals surface area (Å²) < 4.78 is 2.34. The van der Waals surface area contributed by atoms with Crippen LogP contribution in [0.1, 0.15) is 64.7 Å². The average molecular weight is 340 g/mol. The van der Waals surface area contributed by atoms with E-state index in [1.54, 1.807) is 0 Å². The van der Waals surface area contributed by atoms with E-state index in [1.807, 2.05) is 11.8 Å². The van der Waals surface area contributed by atoms with E-state index in [4.69, 9.17) is 0 Å². The van der Waals surface area contributed by atoms with Crippen LogP contribution < -0.4 is 0 Å². The molecular weight excluding hydrogens is 312 g/mol. The summed E-state index contributed by atoms with van der Waals surface area (Å²) >= 11 is 0. The lowest BCUT2D eigenvalue weighted by atomic mass is 9.94. The standard InChI is InChI=1S/C20H28N4O/c1-13-9-19(22-21-13)17-5-4-8-23(12-17)20(25)18-10-14(2)24(15(18)3)11-16-6-7-16/h9-10,16-17H,4-8,11-12H2,1-3H3,(H,21,22)/t17-/m0/s1. The van der Waals surface area contributed by atoms with Crippen molar-refractivity contribution in [2.24, 2.45) is 5.92 Å². The zero-order valence-electron chi connectivity index (χ0n) is 15.5. The van der Waals surface area contributed by atoms with Crippen LogP contribution in [0.25, 0.3) is 0 Å². The lowest BCUT2D eigenvalue weighted by Crippen LogP contribution is -2.39. The number of carbonyl (C=O) groups excluding carboxylic acids is 1. The summed E-state index contributed by atoms with van der Waals surface area (Å²) in [4.78, 5) is 15.2. The molecule has 1 saturated heterocycles. The summed E-state index contributed by atoms with van der Waals surface area (Å²) in [6.45, 7) is 8.94. The third-order valence-electron chi connectivity index (χ3n) is 5.79. The highest BCUT2D eigenvalue weighted by Gasteiger charge is 2.30. The number of carbonyl (C=O) groups is 1. The van der Waals surface area contributed by atoms with Crippen LogP contribution in [-0.4, -0.2) is 38.7 Å². The van der Waals surface area contributed by atoms with E-state index in [2.05, 4.69) is 40.7 Å². The van der Waals surface area contributed by atoms with Gasteiger partial charge in [-0.3, -0.25) is 9.89 Å². The SMILES string of the molecule is Cc1cc([C@H]2CCCN(C(=O)c3cc(C)n(CC4CC4)c3C)C2)n[nH]1. The summed E-state index contributed by atoms with van der Waals surface area (Å²) in [5, 5.41) is 7.44. The van der Waals surface area contributed by atoms with Gasteiger partial charge in [-0.05, 0) is 64.5 Å². The fourth-order valence-electron chi connectivity index (χ4n) is 4.08. The largest absolute Gasteiger partial charge is 0.348 e. The number of H-pyrrole nitrogens is 1. The number of aryl methyl sites for hydroxylation is 2. The van der Waals surface area contributed by atoms with Gasteiger partial charge in [-0.15, -0.1) is 0 Å². The Balaban J connectivity index is 1.52. The molecule has 0 bridgehead atoms. The van der Waals surface area contributed by atoms with Crippen molar-refractivity contribution in [3.8, 4) is 0 Å². The molecule has 4 rings (SSSR count). The molecule has 25 heavy (non-hydrogen) atoms.